The third-order valence-electron chi connectivity index (χ3n) is 23.2. The molecule has 1 rings (SSSR count). The van der Waals surface area contributed by atoms with Crippen molar-refractivity contribution in [2.24, 2.45) is 0 Å². The van der Waals surface area contributed by atoms with Gasteiger partial charge in [-0.25, -0.2) is 0 Å². The summed E-state index contributed by atoms with van der Waals surface area (Å²) < 4.78 is 20.9. The Labute approximate surface area is 660 Å². The van der Waals surface area contributed by atoms with Gasteiger partial charge in [-0.3, -0.25) is 19.5 Å². The summed E-state index contributed by atoms with van der Waals surface area (Å²) in [6.45, 7) is 44.9. The van der Waals surface area contributed by atoms with Crippen LogP contribution in [0.3, 0.4) is 0 Å². The van der Waals surface area contributed by atoms with Crippen LogP contribution in [0.4, 0.5) is 0 Å². The van der Waals surface area contributed by atoms with Crippen molar-refractivity contribution in [1.82, 2.24) is 19.6 Å². The summed E-state index contributed by atoms with van der Waals surface area (Å²) in [5.74, 6) is 2.30. The molecule has 10 nitrogen and oxygen atoms in total. The molecular weight excluding hydrogens is 1350 g/mol. The van der Waals surface area contributed by atoms with Gasteiger partial charge in [0.15, 0.2) is 16.6 Å². The van der Waals surface area contributed by atoms with Crippen LogP contribution in [-0.4, -0.2) is 173 Å². The summed E-state index contributed by atoms with van der Waals surface area (Å²) in [5, 5.41) is 22.4. The van der Waals surface area contributed by atoms with Crippen LogP contribution in [0.5, 0.6) is 0 Å². The number of carbonyl (C=O) groups is 1. The van der Waals surface area contributed by atoms with Crippen molar-refractivity contribution in [3.05, 3.63) is 24.3 Å². The van der Waals surface area contributed by atoms with E-state index in [1.165, 1.54) is 269 Å². The van der Waals surface area contributed by atoms with Crippen molar-refractivity contribution in [3.63, 3.8) is 0 Å². The minimum atomic E-state index is -2.07. The Morgan fingerprint density at radius 2 is 0.702 bits per heavy atom. The molecule has 618 valence electrons. The Bertz CT molecular complexity index is 1830. The molecule has 1 heterocycles. The average molecular weight is 1540 g/mol. The van der Waals surface area contributed by atoms with Crippen LogP contribution in [0, 0.1) is 0 Å². The number of unbranched alkanes of at least 4 members (excludes halogenated alkanes) is 36. The molecule has 0 bridgehead atoms. The van der Waals surface area contributed by atoms with Gasteiger partial charge in [0, 0.05) is 76.8 Å². The largest absolute Gasteiger partial charge is 0.464 e. The molecule has 0 aromatic carbocycles. The van der Waals surface area contributed by atoms with E-state index < -0.39 is 16.6 Å². The van der Waals surface area contributed by atoms with Gasteiger partial charge in [0.25, 0.3) is 0 Å². The SMILES string of the molecule is CCCCCCCC/C=C\CCCCCCC(CN(CCCC(=O)OCCN1CCN(CCCCSSCCCCN(CC(O)CCCCCCCCCC)CC(O)CCCCCCCCCC)CC1)CC(CCCCCC/C=C\CCCCCCCC)O[Si](C)(C)C(C)(C)C)O[Si](C)(C)C(C)(C)C. The van der Waals surface area contributed by atoms with Gasteiger partial charge in [0.05, 0.1) is 24.4 Å². The topological polar surface area (TPSA) is 98.2 Å². The number of hydrogen-bond acceptors (Lipinski definition) is 12. The van der Waals surface area contributed by atoms with Crippen molar-refractivity contribution in [2.45, 2.75) is 451 Å². The van der Waals surface area contributed by atoms with Crippen LogP contribution in [-0.2, 0) is 18.4 Å². The summed E-state index contributed by atoms with van der Waals surface area (Å²) in [6, 6.07) is 0. The summed E-state index contributed by atoms with van der Waals surface area (Å²) in [7, 11) is -0.0760. The number of carbonyl (C=O) groups excluding carboxylic acids is 1. The molecule has 1 saturated heterocycles. The maximum absolute atomic E-state index is 13.6. The van der Waals surface area contributed by atoms with Crippen LogP contribution in [0.25, 0.3) is 0 Å². The average Bonchev–Trinajstić information content (AvgIpc) is 0.830. The van der Waals surface area contributed by atoms with E-state index in [0.29, 0.717) is 26.1 Å². The van der Waals surface area contributed by atoms with Gasteiger partial charge < -0.3 is 28.7 Å². The second-order valence-corrected chi connectivity index (χ2v) is 47.7. The molecule has 1 aliphatic rings. The highest BCUT2D eigenvalue weighted by Crippen LogP contribution is 2.40. The molecule has 0 aromatic rings. The third-order valence-corrected chi connectivity index (χ3v) is 34.9. The summed E-state index contributed by atoms with van der Waals surface area (Å²) in [4.78, 5) is 23.8. The third kappa shape index (κ3) is 60.4. The number of ether oxygens (including phenoxy) is 1. The minimum Gasteiger partial charge on any atom is -0.464 e. The Morgan fingerprint density at radius 3 is 1.07 bits per heavy atom. The Kier molecular flexibility index (Phi) is 66.9. The van der Waals surface area contributed by atoms with Gasteiger partial charge in [0.2, 0.25) is 0 Å². The number of allylic oxidation sites excluding steroid dienone is 4. The molecule has 0 saturated carbocycles. The van der Waals surface area contributed by atoms with Crippen LogP contribution in [0.1, 0.15) is 390 Å². The fourth-order valence-electron chi connectivity index (χ4n) is 14.1. The van der Waals surface area contributed by atoms with E-state index in [-0.39, 0.29) is 40.5 Å². The van der Waals surface area contributed by atoms with Gasteiger partial charge in [0.1, 0.15) is 6.61 Å². The van der Waals surface area contributed by atoms with Crippen molar-refractivity contribution in [2.75, 3.05) is 96.6 Å². The highest BCUT2D eigenvalue weighted by atomic mass is 33.1. The molecule has 0 aliphatic carbocycles. The Morgan fingerprint density at radius 1 is 0.394 bits per heavy atom. The number of aliphatic hydroxyl groups is 2. The monoisotopic (exact) mass is 1540 g/mol. The number of nitrogens with zero attached hydrogens (tertiary/aromatic N) is 4. The molecule has 0 aromatic heterocycles. The zero-order chi connectivity index (χ0) is 76.5. The standard InChI is InChI=1S/C90H182N4O6S2Si2/c1-15-19-23-27-31-35-37-39-41-43-45-49-53-57-66-86(99-103(11,12)89(5,6)7)82-94(83-87(100-104(13,14)90(8,9)10)67-58-54-50-46-44-42-40-38-36-32-28-24-20-16-2)71-63-68-88(97)98-77-76-92-74-72-91(73-75-92)69-59-61-78-101-102-79-62-60-70-93(80-84(95)64-55-51-47-33-29-25-21-17-3)81-85(96)65-56-52-48-34-30-26-22-18-4/h39-42,84-87,95-96H,15-38,43-83H2,1-14H3/b41-39-,42-40-. The summed E-state index contributed by atoms with van der Waals surface area (Å²) in [5.41, 5.74) is 0. The smallest absolute Gasteiger partial charge is 0.305 e. The number of hydrogen-bond donors (Lipinski definition) is 2. The van der Waals surface area contributed by atoms with Crippen LogP contribution < -0.4 is 0 Å². The highest BCUT2D eigenvalue weighted by molar-refractivity contribution is 8.76. The van der Waals surface area contributed by atoms with Gasteiger partial charge >= 0.3 is 5.97 Å². The van der Waals surface area contributed by atoms with E-state index in [0.717, 1.165) is 123 Å². The summed E-state index contributed by atoms with van der Waals surface area (Å²) >= 11 is 0. The van der Waals surface area contributed by atoms with Crippen molar-refractivity contribution >= 4 is 44.2 Å². The Balaban J connectivity index is 2.81. The van der Waals surface area contributed by atoms with Crippen LogP contribution in [0.2, 0.25) is 36.3 Å². The van der Waals surface area contributed by atoms with E-state index in [9.17, 15) is 15.0 Å². The van der Waals surface area contributed by atoms with E-state index in [1.54, 1.807) is 0 Å². The van der Waals surface area contributed by atoms with E-state index in [4.69, 9.17) is 13.6 Å². The molecule has 1 aliphatic heterocycles. The fourth-order valence-corrected chi connectivity index (χ4v) is 19.2. The lowest BCUT2D eigenvalue weighted by molar-refractivity contribution is -0.144. The van der Waals surface area contributed by atoms with Crippen molar-refractivity contribution in [1.29, 1.82) is 0 Å². The summed E-state index contributed by atoms with van der Waals surface area (Å²) in [6.07, 6.45) is 71.3. The van der Waals surface area contributed by atoms with Gasteiger partial charge in [-0.05, 0) is 165 Å². The normalized spacial score (nSPS) is 15.2. The molecule has 4 unspecified atom stereocenters. The van der Waals surface area contributed by atoms with Crippen molar-refractivity contribution < 1.29 is 28.6 Å². The first-order valence-electron chi connectivity index (χ1n) is 45.4. The molecular formula is C90H182N4O6S2Si2. The number of esters is 1. The number of piperazine rings is 1. The lowest BCUT2D eigenvalue weighted by atomic mass is 10.0. The molecule has 0 amide bonds. The molecule has 1 fully saturated rings. The predicted molar refractivity (Wildman–Crippen MR) is 470 cm³/mol. The first-order valence-corrected chi connectivity index (χ1v) is 53.7. The van der Waals surface area contributed by atoms with Crippen LogP contribution >= 0.6 is 21.6 Å². The first-order chi connectivity index (χ1) is 50.1. The fraction of sp³-hybridized carbons (Fsp3) is 0.944. The highest BCUT2D eigenvalue weighted by Gasteiger charge is 2.41. The molecule has 4 atom stereocenters. The van der Waals surface area contributed by atoms with Gasteiger partial charge in [-0.2, -0.15) is 0 Å². The van der Waals surface area contributed by atoms with E-state index in [1.807, 2.05) is 21.6 Å². The predicted octanol–water partition coefficient (Wildman–Crippen LogP) is 26.3. The molecule has 104 heavy (non-hydrogen) atoms. The molecule has 0 radical (unpaired) electrons. The van der Waals surface area contributed by atoms with E-state index in [2.05, 4.69) is 139 Å². The lowest BCUT2D eigenvalue weighted by Gasteiger charge is -2.42. The molecule has 2 N–H and O–H groups in total. The van der Waals surface area contributed by atoms with Crippen LogP contribution in [0.15, 0.2) is 24.3 Å². The zero-order valence-electron chi connectivity index (χ0n) is 72.2. The molecule has 0 spiro atoms. The zero-order valence-corrected chi connectivity index (χ0v) is 75.8. The molecule has 14 heteroatoms. The van der Waals surface area contributed by atoms with Gasteiger partial charge in [-0.1, -0.05) is 321 Å². The number of rotatable bonds is 76. The lowest BCUT2D eigenvalue weighted by Crippen LogP contribution is -2.50. The van der Waals surface area contributed by atoms with Gasteiger partial charge in [-0.15, -0.1) is 0 Å². The Hall–Kier alpha value is -0.236. The first kappa shape index (κ1) is 102. The second kappa shape index (κ2) is 68.4. The maximum Gasteiger partial charge on any atom is 0.305 e. The van der Waals surface area contributed by atoms with Crippen molar-refractivity contribution in [3.8, 4) is 0 Å². The quantitative estimate of drug-likeness (QED) is 0.0200. The maximum atomic E-state index is 13.6. The minimum absolute atomic E-state index is 0.0602. The van der Waals surface area contributed by atoms with E-state index >= 15 is 0 Å². The number of aliphatic hydroxyl groups excluding tert-OH is 2. The second-order valence-electron chi connectivity index (χ2n) is 35.5.